The lowest BCUT2D eigenvalue weighted by Crippen LogP contribution is -2.50. The van der Waals surface area contributed by atoms with E-state index in [0.29, 0.717) is 0 Å². The van der Waals surface area contributed by atoms with E-state index in [2.05, 4.69) is 55.1 Å². The van der Waals surface area contributed by atoms with Crippen LogP contribution in [-0.4, -0.2) is 38.4 Å². The number of alkyl carbamates (subject to hydrolysis) is 1. The van der Waals surface area contributed by atoms with E-state index in [1.54, 1.807) is 20.8 Å². The van der Waals surface area contributed by atoms with Crippen molar-refractivity contribution >= 4 is 36.1 Å². The van der Waals surface area contributed by atoms with Gasteiger partial charge in [-0.15, -0.1) is 0 Å². The average molecular weight is 472 g/mol. The van der Waals surface area contributed by atoms with Gasteiger partial charge in [0.05, 0.1) is 6.54 Å². The molecular weight excluding hydrogens is 438 g/mol. The Bertz CT molecular complexity index is 675. The summed E-state index contributed by atoms with van der Waals surface area (Å²) < 4.78 is 12.6. The van der Waals surface area contributed by atoms with Gasteiger partial charge in [-0.05, 0) is 56.6 Å². The van der Waals surface area contributed by atoms with Gasteiger partial charge in [0, 0.05) is 10.9 Å². The highest BCUT2D eigenvalue weighted by Gasteiger charge is 2.40. The molecule has 1 atom stereocenters. The van der Waals surface area contributed by atoms with Gasteiger partial charge in [0.25, 0.3) is 0 Å². The molecule has 0 heterocycles. The number of carbonyl (C=O) groups is 2. The van der Waals surface area contributed by atoms with E-state index >= 15 is 0 Å². The highest BCUT2D eigenvalue weighted by molar-refractivity contribution is 9.10. The SMILES string of the molecule is CC(C)(C)OC(=O)NC[C@@H](O[Si](C)(C)C(C)(C)C)C(=O)Cc1ccc(Br)cc1. The van der Waals surface area contributed by atoms with Crippen LogP contribution in [0.1, 0.15) is 47.1 Å². The summed E-state index contributed by atoms with van der Waals surface area (Å²) in [5, 5.41) is 2.65. The molecule has 0 spiro atoms. The molecule has 7 heteroatoms. The van der Waals surface area contributed by atoms with Crippen molar-refractivity contribution in [1.29, 1.82) is 0 Å². The van der Waals surface area contributed by atoms with Crippen LogP contribution in [0, 0.1) is 0 Å². The lowest BCUT2D eigenvalue weighted by atomic mass is 10.1. The summed E-state index contributed by atoms with van der Waals surface area (Å²) >= 11 is 3.40. The summed E-state index contributed by atoms with van der Waals surface area (Å²) in [5.74, 6) is -0.0526. The van der Waals surface area contributed by atoms with Gasteiger partial charge < -0.3 is 14.5 Å². The fourth-order valence-electron chi connectivity index (χ4n) is 2.16. The van der Waals surface area contributed by atoms with Crippen molar-refractivity contribution in [3.05, 3.63) is 34.3 Å². The first-order valence-corrected chi connectivity index (χ1v) is 13.2. The monoisotopic (exact) mass is 471 g/mol. The Morgan fingerprint density at radius 3 is 2.07 bits per heavy atom. The lowest BCUT2D eigenvalue weighted by Gasteiger charge is -2.39. The molecule has 1 aromatic carbocycles. The molecule has 1 amide bonds. The van der Waals surface area contributed by atoms with E-state index in [9.17, 15) is 9.59 Å². The molecule has 1 rings (SSSR count). The predicted octanol–water partition coefficient (Wildman–Crippen LogP) is 5.48. The minimum Gasteiger partial charge on any atom is -0.444 e. The molecule has 0 unspecified atom stereocenters. The summed E-state index contributed by atoms with van der Waals surface area (Å²) in [6.07, 6.45) is -1.01. The summed E-state index contributed by atoms with van der Waals surface area (Å²) in [4.78, 5) is 25.0. The highest BCUT2D eigenvalue weighted by atomic mass is 79.9. The number of ether oxygens (including phenoxy) is 1. The maximum Gasteiger partial charge on any atom is 0.407 e. The Kier molecular flexibility index (Phi) is 8.47. The van der Waals surface area contributed by atoms with Crippen LogP contribution in [0.4, 0.5) is 4.79 Å². The molecule has 5 nitrogen and oxygen atoms in total. The number of hydrogen-bond donors (Lipinski definition) is 1. The Morgan fingerprint density at radius 2 is 1.61 bits per heavy atom. The van der Waals surface area contributed by atoms with Crippen molar-refractivity contribution in [3.8, 4) is 0 Å². The second-order valence-corrected chi connectivity index (χ2v) is 15.2. The highest BCUT2D eigenvalue weighted by Crippen LogP contribution is 2.37. The van der Waals surface area contributed by atoms with Crippen molar-refractivity contribution in [2.75, 3.05) is 6.54 Å². The van der Waals surface area contributed by atoms with Gasteiger partial charge >= 0.3 is 6.09 Å². The van der Waals surface area contributed by atoms with Gasteiger partial charge in [-0.1, -0.05) is 48.8 Å². The van der Waals surface area contributed by atoms with E-state index in [4.69, 9.17) is 9.16 Å². The quantitative estimate of drug-likeness (QED) is 0.534. The number of benzene rings is 1. The van der Waals surface area contributed by atoms with Crippen molar-refractivity contribution in [2.45, 2.75) is 77.8 Å². The zero-order valence-corrected chi connectivity index (χ0v) is 20.9. The van der Waals surface area contributed by atoms with Crippen LogP contribution in [0.3, 0.4) is 0 Å². The summed E-state index contributed by atoms with van der Waals surface area (Å²) in [6.45, 7) is 16.1. The number of rotatable bonds is 7. The van der Waals surface area contributed by atoms with E-state index in [1.807, 2.05) is 24.3 Å². The molecule has 0 aliphatic heterocycles. The molecule has 0 aliphatic carbocycles. The standard InChI is InChI=1S/C21H34BrNO4Si/c1-20(2,3)26-19(25)23-14-18(27-28(7,8)21(4,5)6)17(24)13-15-9-11-16(22)12-10-15/h9-12,18H,13-14H2,1-8H3,(H,23,25)/t18-/m1/s1. The lowest BCUT2D eigenvalue weighted by molar-refractivity contribution is -0.125. The predicted molar refractivity (Wildman–Crippen MR) is 119 cm³/mol. The molecule has 0 bridgehead atoms. The van der Waals surface area contributed by atoms with Crippen LogP contribution < -0.4 is 5.32 Å². The van der Waals surface area contributed by atoms with Crippen LogP contribution >= 0.6 is 15.9 Å². The zero-order valence-electron chi connectivity index (χ0n) is 18.3. The Balaban J connectivity index is 2.91. The summed E-state index contributed by atoms with van der Waals surface area (Å²) in [6, 6.07) is 7.63. The van der Waals surface area contributed by atoms with E-state index < -0.39 is 26.1 Å². The van der Waals surface area contributed by atoms with Crippen molar-refractivity contribution in [3.63, 3.8) is 0 Å². The minimum atomic E-state index is -2.20. The molecule has 1 aromatic rings. The van der Waals surface area contributed by atoms with Gasteiger partial charge in [0.1, 0.15) is 11.7 Å². The molecule has 0 saturated carbocycles. The molecule has 158 valence electrons. The third-order valence-electron chi connectivity index (χ3n) is 4.72. The van der Waals surface area contributed by atoms with Crippen LogP contribution in [0.25, 0.3) is 0 Å². The third-order valence-corrected chi connectivity index (χ3v) is 9.74. The number of hydrogen-bond acceptors (Lipinski definition) is 4. The second-order valence-electron chi connectivity index (χ2n) is 9.52. The number of Topliss-reactive ketones (excluding diaryl/α,β-unsaturated/α-hetero) is 1. The topological polar surface area (TPSA) is 64.6 Å². The van der Waals surface area contributed by atoms with Crippen molar-refractivity contribution in [2.24, 2.45) is 0 Å². The summed E-state index contributed by atoms with van der Waals surface area (Å²) in [5.41, 5.74) is 0.315. The van der Waals surface area contributed by atoms with Gasteiger partial charge in [-0.2, -0.15) is 0 Å². The first-order chi connectivity index (χ1) is 12.6. The van der Waals surface area contributed by atoms with Gasteiger partial charge in [0.15, 0.2) is 14.1 Å². The van der Waals surface area contributed by atoms with Gasteiger partial charge in [-0.3, -0.25) is 4.79 Å². The largest absolute Gasteiger partial charge is 0.444 e. The first-order valence-electron chi connectivity index (χ1n) is 9.52. The third kappa shape index (κ3) is 8.45. The normalized spacial score (nSPS) is 13.8. The van der Waals surface area contributed by atoms with Gasteiger partial charge in [0.2, 0.25) is 0 Å². The Morgan fingerprint density at radius 1 is 1.07 bits per heavy atom. The van der Waals surface area contributed by atoms with Crippen LogP contribution in [0.5, 0.6) is 0 Å². The molecule has 0 saturated heterocycles. The second kappa shape index (κ2) is 9.54. The van der Waals surface area contributed by atoms with Crippen LogP contribution in [0.15, 0.2) is 28.7 Å². The molecule has 0 radical (unpaired) electrons. The Hall–Kier alpha value is -1.18. The maximum absolute atomic E-state index is 13.0. The molecule has 0 aromatic heterocycles. The fourth-order valence-corrected chi connectivity index (χ4v) is 3.71. The van der Waals surface area contributed by atoms with Crippen molar-refractivity contribution in [1.82, 2.24) is 5.32 Å². The maximum atomic E-state index is 13.0. The molecule has 1 N–H and O–H groups in total. The minimum absolute atomic E-state index is 0.0466. The number of nitrogens with one attached hydrogen (secondary N) is 1. The van der Waals surface area contributed by atoms with Crippen LogP contribution in [-0.2, 0) is 20.4 Å². The summed E-state index contributed by atoms with van der Waals surface area (Å²) in [7, 11) is -2.20. The van der Waals surface area contributed by atoms with Gasteiger partial charge in [-0.25, -0.2) is 4.79 Å². The molecule has 0 aliphatic rings. The van der Waals surface area contributed by atoms with E-state index in [-0.39, 0.29) is 23.8 Å². The zero-order chi connectivity index (χ0) is 21.8. The van der Waals surface area contributed by atoms with Crippen molar-refractivity contribution < 1.29 is 18.8 Å². The number of carbonyl (C=O) groups excluding carboxylic acids is 2. The number of halogens is 1. The number of amides is 1. The molecule has 0 fully saturated rings. The first kappa shape index (κ1) is 24.9. The fraction of sp³-hybridized carbons (Fsp3) is 0.619. The average Bonchev–Trinajstić information content (AvgIpc) is 2.50. The Labute approximate surface area is 178 Å². The van der Waals surface area contributed by atoms with E-state index in [0.717, 1.165) is 10.0 Å². The molecular formula is C21H34BrNO4Si. The smallest absolute Gasteiger partial charge is 0.407 e. The number of ketones is 1. The van der Waals surface area contributed by atoms with Crippen LogP contribution in [0.2, 0.25) is 18.1 Å². The van der Waals surface area contributed by atoms with E-state index in [1.165, 1.54) is 0 Å². The molecule has 28 heavy (non-hydrogen) atoms.